The number of hydrogen-bond acceptors (Lipinski definition) is 1. The van der Waals surface area contributed by atoms with Crippen molar-refractivity contribution in [1.82, 2.24) is 4.98 Å². The van der Waals surface area contributed by atoms with Crippen molar-refractivity contribution in [3.05, 3.63) is 57.7 Å². The average Bonchev–Trinajstić information content (AvgIpc) is 2.44. The second-order valence-corrected chi connectivity index (χ2v) is 8.47. The lowest BCUT2D eigenvalue weighted by atomic mass is 9.85. The summed E-state index contributed by atoms with van der Waals surface area (Å²) in [5.74, 6) is 0. The maximum atomic E-state index is 12.8. The van der Waals surface area contributed by atoms with Crippen LogP contribution in [0.15, 0.2) is 41.2 Å². The summed E-state index contributed by atoms with van der Waals surface area (Å²) in [5.41, 5.74) is 4.52. The van der Waals surface area contributed by atoms with E-state index in [0.29, 0.717) is 0 Å². The Morgan fingerprint density at radius 3 is 1.43 bits per heavy atom. The van der Waals surface area contributed by atoms with E-state index in [-0.39, 0.29) is 16.3 Å². The molecule has 0 aliphatic heterocycles. The SMILES string of the molecule is CC(C)(C)c1ccc2c(=O)c3ccc(C(C)(C)C)cc3[nH]c2c1. The molecule has 0 aliphatic carbocycles. The lowest BCUT2D eigenvalue weighted by Gasteiger charge is -2.20. The zero-order valence-corrected chi connectivity index (χ0v) is 14.9. The van der Waals surface area contributed by atoms with Crippen LogP contribution in [-0.2, 0) is 10.8 Å². The van der Waals surface area contributed by atoms with Crippen molar-refractivity contribution in [3.63, 3.8) is 0 Å². The highest BCUT2D eigenvalue weighted by Crippen LogP contribution is 2.27. The van der Waals surface area contributed by atoms with Crippen LogP contribution in [0.3, 0.4) is 0 Å². The molecule has 1 aromatic heterocycles. The normalized spacial score (nSPS) is 13.0. The average molecular weight is 307 g/mol. The second kappa shape index (κ2) is 4.95. The fraction of sp³-hybridized carbons (Fsp3) is 0.381. The van der Waals surface area contributed by atoms with E-state index in [4.69, 9.17) is 0 Å². The fourth-order valence-corrected chi connectivity index (χ4v) is 2.91. The first-order valence-electron chi connectivity index (χ1n) is 8.18. The topological polar surface area (TPSA) is 32.9 Å². The van der Waals surface area contributed by atoms with Gasteiger partial charge in [-0.2, -0.15) is 0 Å². The third kappa shape index (κ3) is 2.78. The number of benzene rings is 2. The van der Waals surface area contributed by atoms with Crippen LogP contribution in [0.25, 0.3) is 21.8 Å². The number of hydrogen-bond donors (Lipinski definition) is 1. The first kappa shape index (κ1) is 15.8. The van der Waals surface area contributed by atoms with Crippen molar-refractivity contribution in [2.45, 2.75) is 52.4 Å². The number of fused-ring (bicyclic) bond motifs is 2. The van der Waals surface area contributed by atoms with Gasteiger partial charge in [0.15, 0.2) is 5.43 Å². The second-order valence-electron chi connectivity index (χ2n) is 8.47. The number of H-pyrrole nitrogens is 1. The van der Waals surface area contributed by atoms with Crippen molar-refractivity contribution >= 4 is 21.8 Å². The summed E-state index contributed by atoms with van der Waals surface area (Å²) in [7, 11) is 0. The zero-order chi connectivity index (χ0) is 17.0. The molecule has 0 radical (unpaired) electrons. The van der Waals surface area contributed by atoms with Gasteiger partial charge in [-0.25, -0.2) is 0 Å². The van der Waals surface area contributed by atoms with Gasteiger partial charge >= 0.3 is 0 Å². The highest BCUT2D eigenvalue weighted by Gasteiger charge is 2.17. The van der Waals surface area contributed by atoms with E-state index < -0.39 is 0 Å². The van der Waals surface area contributed by atoms with Gasteiger partial charge in [0.25, 0.3) is 0 Å². The largest absolute Gasteiger partial charge is 0.354 e. The van der Waals surface area contributed by atoms with Gasteiger partial charge in [0.1, 0.15) is 0 Å². The van der Waals surface area contributed by atoms with E-state index >= 15 is 0 Å². The van der Waals surface area contributed by atoms with Crippen molar-refractivity contribution in [1.29, 1.82) is 0 Å². The van der Waals surface area contributed by atoms with E-state index in [9.17, 15) is 4.79 Å². The summed E-state index contributed by atoms with van der Waals surface area (Å²) < 4.78 is 0. The molecule has 1 N–H and O–H groups in total. The van der Waals surface area contributed by atoms with Crippen molar-refractivity contribution < 1.29 is 0 Å². The summed E-state index contributed by atoms with van der Waals surface area (Å²) in [4.78, 5) is 16.3. The predicted octanol–water partition coefficient (Wildman–Crippen LogP) is 5.28. The molecule has 0 aliphatic rings. The molecule has 0 saturated heterocycles. The predicted molar refractivity (Wildman–Crippen MR) is 99.5 cm³/mol. The Kier molecular flexibility index (Phi) is 3.40. The van der Waals surface area contributed by atoms with E-state index in [0.717, 1.165) is 21.8 Å². The molecule has 2 aromatic carbocycles. The molecular formula is C21H25NO. The first-order chi connectivity index (χ1) is 10.6. The Morgan fingerprint density at radius 1 is 0.696 bits per heavy atom. The molecule has 3 rings (SSSR count). The van der Waals surface area contributed by atoms with Gasteiger partial charge in [-0.1, -0.05) is 53.7 Å². The molecule has 3 aromatic rings. The molecule has 0 amide bonds. The highest BCUT2D eigenvalue weighted by atomic mass is 16.1. The van der Waals surface area contributed by atoms with Crippen LogP contribution in [0.5, 0.6) is 0 Å². The molecule has 120 valence electrons. The maximum absolute atomic E-state index is 12.8. The number of pyridine rings is 1. The smallest absolute Gasteiger partial charge is 0.197 e. The minimum Gasteiger partial charge on any atom is -0.354 e. The number of aromatic nitrogens is 1. The van der Waals surface area contributed by atoms with E-state index in [1.807, 2.05) is 12.1 Å². The van der Waals surface area contributed by atoms with Crippen LogP contribution >= 0.6 is 0 Å². The molecular weight excluding hydrogens is 282 g/mol. The van der Waals surface area contributed by atoms with Crippen LogP contribution < -0.4 is 5.43 Å². The van der Waals surface area contributed by atoms with Gasteiger partial charge in [-0.15, -0.1) is 0 Å². The van der Waals surface area contributed by atoms with Crippen molar-refractivity contribution in [3.8, 4) is 0 Å². The summed E-state index contributed by atoms with van der Waals surface area (Å²) in [5, 5.41) is 1.52. The molecule has 0 atom stereocenters. The summed E-state index contributed by atoms with van der Waals surface area (Å²) >= 11 is 0. The third-order valence-electron chi connectivity index (χ3n) is 4.53. The zero-order valence-electron chi connectivity index (χ0n) is 14.9. The molecule has 0 bridgehead atoms. The Hall–Kier alpha value is -2.09. The third-order valence-corrected chi connectivity index (χ3v) is 4.53. The first-order valence-corrected chi connectivity index (χ1v) is 8.18. The van der Waals surface area contributed by atoms with Gasteiger partial charge in [-0.3, -0.25) is 4.79 Å². The van der Waals surface area contributed by atoms with Gasteiger partial charge in [0.05, 0.1) is 11.0 Å². The monoisotopic (exact) mass is 307 g/mol. The summed E-state index contributed by atoms with van der Waals surface area (Å²) in [6.07, 6.45) is 0. The molecule has 23 heavy (non-hydrogen) atoms. The molecule has 1 heterocycles. The van der Waals surface area contributed by atoms with Gasteiger partial charge in [0, 0.05) is 10.8 Å². The van der Waals surface area contributed by atoms with Gasteiger partial charge < -0.3 is 4.98 Å². The Morgan fingerprint density at radius 2 is 1.09 bits per heavy atom. The standard InChI is InChI=1S/C21H25NO/c1-20(2,3)13-7-9-15-17(11-13)22-18-12-14(21(4,5)6)8-10-16(18)19(15)23/h7-12H,1-6H3,(H,22,23). The van der Waals surface area contributed by atoms with Crippen molar-refractivity contribution in [2.75, 3.05) is 0 Å². The summed E-state index contributed by atoms with van der Waals surface area (Å²) in [6, 6.07) is 12.2. The maximum Gasteiger partial charge on any atom is 0.197 e. The van der Waals surface area contributed by atoms with Crippen LogP contribution in [-0.4, -0.2) is 4.98 Å². The number of rotatable bonds is 0. The molecule has 0 unspecified atom stereocenters. The minimum atomic E-state index is 0.0628. The Labute approximate surface area is 137 Å². The van der Waals surface area contributed by atoms with E-state index in [1.54, 1.807) is 0 Å². The molecule has 0 fully saturated rings. The van der Waals surface area contributed by atoms with E-state index in [1.165, 1.54) is 11.1 Å². The van der Waals surface area contributed by atoms with Crippen LogP contribution in [0.2, 0.25) is 0 Å². The number of aromatic amines is 1. The molecule has 2 nitrogen and oxygen atoms in total. The molecule has 0 saturated carbocycles. The van der Waals surface area contributed by atoms with Crippen LogP contribution in [0.1, 0.15) is 52.7 Å². The van der Waals surface area contributed by atoms with Crippen LogP contribution in [0.4, 0.5) is 0 Å². The summed E-state index contributed by atoms with van der Waals surface area (Å²) in [6.45, 7) is 13.1. The van der Waals surface area contributed by atoms with Crippen LogP contribution in [0, 0.1) is 0 Å². The molecule has 0 spiro atoms. The minimum absolute atomic E-state index is 0.0628. The Bertz CT molecular complexity index is 875. The quantitative estimate of drug-likeness (QED) is 0.563. The van der Waals surface area contributed by atoms with E-state index in [2.05, 4.69) is 70.8 Å². The molecule has 2 heteroatoms. The van der Waals surface area contributed by atoms with Gasteiger partial charge in [-0.05, 0) is 46.2 Å². The van der Waals surface area contributed by atoms with Crippen molar-refractivity contribution in [2.24, 2.45) is 0 Å². The lowest BCUT2D eigenvalue weighted by molar-refractivity contribution is 0.591. The number of nitrogens with one attached hydrogen (secondary N) is 1. The van der Waals surface area contributed by atoms with Gasteiger partial charge in [0.2, 0.25) is 0 Å². The fourth-order valence-electron chi connectivity index (χ4n) is 2.91. The Balaban J connectivity index is 2.34. The highest BCUT2D eigenvalue weighted by molar-refractivity contribution is 5.93. The lowest BCUT2D eigenvalue weighted by Crippen LogP contribution is -2.13.